The molecule has 0 bridgehead atoms. The Morgan fingerprint density at radius 1 is 1.65 bits per heavy atom. The summed E-state index contributed by atoms with van der Waals surface area (Å²) in [6.07, 6.45) is 0. The molecule has 1 aromatic carbocycles. The molecule has 1 atom stereocenters. The highest BCUT2D eigenvalue weighted by Gasteiger charge is 2.17. The fourth-order valence-corrected chi connectivity index (χ4v) is 1.25. The number of carboxylic acids is 1. The Kier molecular flexibility index (Phi) is 4.41. The molecule has 0 spiro atoms. The molecule has 7 nitrogen and oxygen atoms in total. The number of anilines is 1. The first-order valence-electron chi connectivity index (χ1n) is 4.77. The van der Waals surface area contributed by atoms with Gasteiger partial charge >= 0.3 is 5.97 Å². The Morgan fingerprint density at radius 3 is 2.88 bits per heavy atom. The van der Waals surface area contributed by atoms with Crippen molar-refractivity contribution in [3.8, 4) is 0 Å². The number of hydrogen-bond acceptors (Lipinski definition) is 5. The second kappa shape index (κ2) is 5.80. The Labute approximate surface area is 97.2 Å². The lowest BCUT2D eigenvalue weighted by molar-refractivity contribution is -0.384. The molecule has 92 valence electrons. The molecule has 0 aliphatic heterocycles. The number of nitrogens with zero attached hydrogens (tertiary/aromatic N) is 1. The van der Waals surface area contributed by atoms with E-state index in [2.05, 4.69) is 5.32 Å². The Bertz CT molecular complexity index is 421. The number of carbonyl (C=O) groups is 1. The number of nitrogens with one attached hydrogen (secondary N) is 1. The minimum Gasteiger partial charge on any atom is -0.480 e. The normalized spacial score (nSPS) is 11.8. The quantitative estimate of drug-likeness (QED) is 0.570. The van der Waals surface area contributed by atoms with Crippen LogP contribution < -0.4 is 5.32 Å². The average Bonchev–Trinajstić information content (AvgIpc) is 2.28. The molecule has 2 N–H and O–H groups in total. The number of ether oxygens (including phenoxy) is 1. The molecule has 0 amide bonds. The third-order valence-corrected chi connectivity index (χ3v) is 2.03. The van der Waals surface area contributed by atoms with E-state index in [-0.39, 0.29) is 12.3 Å². The van der Waals surface area contributed by atoms with Gasteiger partial charge in [0.05, 0.1) is 11.5 Å². The monoisotopic (exact) mass is 240 g/mol. The number of methoxy groups -OCH3 is 1. The first kappa shape index (κ1) is 12.9. The molecule has 1 rings (SSSR count). The fourth-order valence-electron chi connectivity index (χ4n) is 1.25. The summed E-state index contributed by atoms with van der Waals surface area (Å²) in [6, 6.07) is 4.69. The van der Waals surface area contributed by atoms with Crippen molar-refractivity contribution >= 4 is 17.3 Å². The SMILES string of the molecule is COCC(Nc1cccc([N+](=O)[O-])c1)C(=O)O. The molecule has 0 saturated heterocycles. The van der Waals surface area contributed by atoms with Crippen LogP contribution in [0.4, 0.5) is 11.4 Å². The Balaban J connectivity index is 2.82. The number of hydrogen-bond donors (Lipinski definition) is 2. The van der Waals surface area contributed by atoms with Crippen LogP contribution in [0, 0.1) is 10.1 Å². The van der Waals surface area contributed by atoms with Crippen molar-refractivity contribution < 1.29 is 19.6 Å². The van der Waals surface area contributed by atoms with Crippen LogP contribution in [0.15, 0.2) is 24.3 Å². The highest BCUT2D eigenvalue weighted by molar-refractivity contribution is 5.77. The molecule has 17 heavy (non-hydrogen) atoms. The van der Waals surface area contributed by atoms with Crippen molar-refractivity contribution in [1.82, 2.24) is 0 Å². The summed E-state index contributed by atoms with van der Waals surface area (Å²) >= 11 is 0. The van der Waals surface area contributed by atoms with Crippen LogP contribution in [0.3, 0.4) is 0 Å². The molecule has 0 aromatic heterocycles. The van der Waals surface area contributed by atoms with Crippen molar-refractivity contribution in [3.05, 3.63) is 34.4 Å². The number of aliphatic carboxylic acids is 1. The second-order valence-electron chi connectivity index (χ2n) is 3.30. The summed E-state index contributed by atoms with van der Waals surface area (Å²) in [5.41, 5.74) is 0.264. The lowest BCUT2D eigenvalue weighted by Crippen LogP contribution is -2.33. The maximum absolute atomic E-state index is 10.8. The van der Waals surface area contributed by atoms with Crippen LogP contribution in [0.25, 0.3) is 0 Å². The largest absolute Gasteiger partial charge is 0.480 e. The first-order chi connectivity index (χ1) is 8.04. The van der Waals surface area contributed by atoms with E-state index in [1.807, 2.05) is 0 Å². The van der Waals surface area contributed by atoms with E-state index in [1.165, 1.54) is 25.3 Å². The molecule has 0 fully saturated rings. The van der Waals surface area contributed by atoms with Crippen molar-refractivity contribution in [2.24, 2.45) is 0 Å². The van der Waals surface area contributed by atoms with E-state index < -0.39 is 16.9 Å². The lowest BCUT2D eigenvalue weighted by atomic mass is 10.2. The summed E-state index contributed by atoms with van der Waals surface area (Å²) in [4.78, 5) is 20.8. The van der Waals surface area contributed by atoms with Crippen LogP contribution >= 0.6 is 0 Å². The molecular weight excluding hydrogens is 228 g/mol. The zero-order chi connectivity index (χ0) is 12.8. The van der Waals surface area contributed by atoms with Crippen molar-refractivity contribution in [1.29, 1.82) is 0 Å². The van der Waals surface area contributed by atoms with E-state index in [0.29, 0.717) is 5.69 Å². The molecule has 7 heteroatoms. The molecule has 0 saturated carbocycles. The van der Waals surface area contributed by atoms with Gasteiger partial charge in [-0.2, -0.15) is 0 Å². The smallest absolute Gasteiger partial charge is 0.328 e. The highest BCUT2D eigenvalue weighted by atomic mass is 16.6. The number of non-ortho nitro benzene ring substituents is 1. The summed E-state index contributed by atoms with van der Waals surface area (Å²) < 4.78 is 4.74. The molecule has 0 radical (unpaired) electrons. The predicted molar refractivity (Wildman–Crippen MR) is 60.0 cm³/mol. The van der Waals surface area contributed by atoms with Gasteiger partial charge in [0.2, 0.25) is 0 Å². The number of benzene rings is 1. The topological polar surface area (TPSA) is 102 Å². The van der Waals surface area contributed by atoms with Gasteiger partial charge in [-0.3, -0.25) is 10.1 Å². The highest BCUT2D eigenvalue weighted by Crippen LogP contribution is 2.17. The molecule has 0 aliphatic carbocycles. The van der Waals surface area contributed by atoms with Crippen LogP contribution in [0.1, 0.15) is 0 Å². The van der Waals surface area contributed by atoms with Gasteiger partial charge in [-0.1, -0.05) is 6.07 Å². The maximum atomic E-state index is 10.8. The van der Waals surface area contributed by atoms with Gasteiger partial charge in [0.1, 0.15) is 6.04 Å². The van der Waals surface area contributed by atoms with Crippen LogP contribution in [0.5, 0.6) is 0 Å². The van der Waals surface area contributed by atoms with E-state index in [9.17, 15) is 14.9 Å². The van der Waals surface area contributed by atoms with Crippen molar-refractivity contribution in [2.75, 3.05) is 19.0 Å². The van der Waals surface area contributed by atoms with Gasteiger partial charge in [-0.15, -0.1) is 0 Å². The first-order valence-corrected chi connectivity index (χ1v) is 4.77. The van der Waals surface area contributed by atoms with Gasteiger partial charge in [0, 0.05) is 24.9 Å². The molecule has 0 aliphatic rings. The number of nitro benzene ring substituents is 1. The molecule has 1 aromatic rings. The average molecular weight is 240 g/mol. The standard InChI is InChI=1S/C10H12N2O5/c1-17-6-9(10(13)14)11-7-3-2-4-8(5-7)12(15)16/h2-5,9,11H,6H2,1H3,(H,13,14). The predicted octanol–water partition coefficient (Wildman–Crippen LogP) is 1.11. The van der Waals surface area contributed by atoms with Crippen LogP contribution in [0.2, 0.25) is 0 Å². The van der Waals surface area contributed by atoms with Crippen molar-refractivity contribution in [3.63, 3.8) is 0 Å². The van der Waals surface area contributed by atoms with E-state index in [1.54, 1.807) is 6.07 Å². The van der Waals surface area contributed by atoms with Crippen LogP contribution in [-0.4, -0.2) is 35.8 Å². The lowest BCUT2D eigenvalue weighted by Gasteiger charge is -2.14. The second-order valence-corrected chi connectivity index (χ2v) is 3.30. The third-order valence-electron chi connectivity index (χ3n) is 2.03. The summed E-state index contributed by atoms with van der Waals surface area (Å²) in [6.45, 7) is -0.0297. The minimum absolute atomic E-state index is 0.0297. The van der Waals surface area contributed by atoms with Gasteiger partial charge < -0.3 is 15.2 Å². The van der Waals surface area contributed by atoms with Crippen molar-refractivity contribution in [2.45, 2.75) is 6.04 Å². The van der Waals surface area contributed by atoms with E-state index >= 15 is 0 Å². The number of nitro groups is 1. The molecular formula is C10H12N2O5. The zero-order valence-corrected chi connectivity index (χ0v) is 9.12. The Morgan fingerprint density at radius 2 is 2.35 bits per heavy atom. The zero-order valence-electron chi connectivity index (χ0n) is 9.12. The van der Waals surface area contributed by atoms with Crippen LogP contribution in [-0.2, 0) is 9.53 Å². The third kappa shape index (κ3) is 3.72. The molecule has 0 heterocycles. The number of rotatable bonds is 6. The minimum atomic E-state index is -1.08. The fraction of sp³-hybridized carbons (Fsp3) is 0.300. The van der Waals surface area contributed by atoms with Gasteiger partial charge in [-0.25, -0.2) is 4.79 Å². The maximum Gasteiger partial charge on any atom is 0.328 e. The Hall–Kier alpha value is -2.15. The van der Waals surface area contributed by atoms with Gasteiger partial charge in [0.15, 0.2) is 0 Å². The molecule has 1 unspecified atom stereocenters. The van der Waals surface area contributed by atoms with E-state index in [4.69, 9.17) is 9.84 Å². The van der Waals surface area contributed by atoms with Gasteiger partial charge in [-0.05, 0) is 6.07 Å². The van der Waals surface area contributed by atoms with E-state index in [0.717, 1.165) is 0 Å². The van der Waals surface area contributed by atoms with Gasteiger partial charge in [0.25, 0.3) is 5.69 Å². The summed E-state index contributed by atoms with van der Waals surface area (Å²) in [5, 5.41) is 22.0. The summed E-state index contributed by atoms with van der Waals surface area (Å²) in [7, 11) is 1.38. The summed E-state index contributed by atoms with van der Waals surface area (Å²) in [5.74, 6) is -1.08. The number of carboxylic acid groups (broad SMARTS) is 1.